The van der Waals surface area contributed by atoms with Crippen LogP contribution in [0.3, 0.4) is 0 Å². The van der Waals surface area contributed by atoms with Crippen LogP contribution in [0, 0.1) is 0 Å². The summed E-state index contributed by atoms with van der Waals surface area (Å²) in [5.41, 5.74) is 0. The van der Waals surface area contributed by atoms with E-state index in [0.29, 0.717) is 5.04 Å². The molecule has 0 fully saturated rings. The van der Waals surface area contributed by atoms with Crippen molar-refractivity contribution in [2.24, 2.45) is 0 Å². The van der Waals surface area contributed by atoms with Crippen LogP contribution >= 0.6 is 0 Å². The molecule has 1 rings (SSSR count). The second-order valence-corrected chi connectivity index (χ2v) is 12.1. The van der Waals surface area contributed by atoms with E-state index in [0.717, 1.165) is 0 Å². The molecule has 0 unspecified atom stereocenters. The third-order valence-corrected chi connectivity index (χ3v) is 10.8. The van der Waals surface area contributed by atoms with Crippen molar-refractivity contribution >= 4 is 8.07 Å². The van der Waals surface area contributed by atoms with E-state index in [1.807, 2.05) is 0 Å². The average Bonchev–Trinajstić information content (AvgIpc) is 2.32. The van der Waals surface area contributed by atoms with Gasteiger partial charge in [0.1, 0.15) is 0 Å². The van der Waals surface area contributed by atoms with Crippen molar-refractivity contribution in [3.63, 3.8) is 0 Å². The summed E-state index contributed by atoms with van der Waals surface area (Å²) in [5.74, 6) is 0. The molecule has 0 aromatic carbocycles. The summed E-state index contributed by atoms with van der Waals surface area (Å²) in [6.07, 6.45) is 5.95. The Morgan fingerprint density at radius 2 is 1.85 bits per heavy atom. The molecule has 0 atom stereocenters. The van der Waals surface area contributed by atoms with Gasteiger partial charge in [-0.15, -0.1) is 0 Å². The van der Waals surface area contributed by atoms with Crippen molar-refractivity contribution < 1.29 is 24.7 Å². The molecule has 0 saturated carbocycles. The Bertz CT molecular complexity index is 266. The molecule has 1 aliphatic carbocycles. The van der Waals surface area contributed by atoms with Crippen molar-refractivity contribution in [1.82, 2.24) is 0 Å². The van der Waals surface area contributed by atoms with Gasteiger partial charge >= 0.3 is 98.7 Å². The van der Waals surface area contributed by atoms with Crippen molar-refractivity contribution in [2.45, 2.75) is 45.3 Å². The Morgan fingerprint density at radius 1 is 1.31 bits per heavy atom. The van der Waals surface area contributed by atoms with Crippen LogP contribution in [0.2, 0.25) is 18.1 Å². The SMILES string of the molecule is CC(C)(C)[Si](C)(C)C1=[C]([Zr])CC=C1. The molecule has 0 heterocycles. The Labute approximate surface area is 98.4 Å². The van der Waals surface area contributed by atoms with Gasteiger partial charge in [-0.1, -0.05) is 0 Å². The summed E-state index contributed by atoms with van der Waals surface area (Å²) in [4.78, 5) is 0. The van der Waals surface area contributed by atoms with Crippen LogP contribution in [0.1, 0.15) is 27.2 Å². The summed E-state index contributed by atoms with van der Waals surface area (Å²) >= 11 is 1.62. The summed E-state index contributed by atoms with van der Waals surface area (Å²) in [7, 11) is -1.22. The molecule has 0 aliphatic heterocycles. The normalized spacial score (nSPS) is 18.5. The first kappa shape index (κ1) is 11.7. The molecule has 13 heavy (non-hydrogen) atoms. The molecule has 0 aromatic rings. The summed E-state index contributed by atoms with van der Waals surface area (Å²) in [5, 5.41) is 2.21. The van der Waals surface area contributed by atoms with E-state index in [9.17, 15) is 0 Å². The van der Waals surface area contributed by atoms with E-state index in [1.165, 1.54) is 6.42 Å². The van der Waals surface area contributed by atoms with E-state index in [1.54, 1.807) is 33.2 Å². The number of hydrogen-bond acceptors (Lipinski definition) is 0. The zero-order valence-corrected chi connectivity index (χ0v) is 12.8. The Morgan fingerprint density at radius 3 is 2.15 bits per heavy atom. The second kappa shape index (κ2) is 3.62. The third kappa shape index (κ3) is 2.15. The van der Waals surface area contributed by atoms with Crippen LogP contribution < -0.4 is 0 Å². The van der Waals surface area contributed by atoms with Crippen molar-refractivity contribution in [2.75, 3.05) is 0 Å². The molecule has 0 bridgehead atoms. The molecule has 71 valence electrons. The van der Waals surface area contributed by atoms with E-state index in [2.05, 4.69) is 46.0 Å². The van der Waals surface area contributed by atoms with E-state index in [4.69, 9.17) is 0 Å². The van der Waals surface area contributed by atoms with Crippen LogP contribution in [-0.4, -0.2) is 8.07 Å². The van der Waals surface area contributed by atoms with Crippen LogP contribution in [0.4, 0.5) is 0 Å². The zero-order chi connectivity index (χ0) is 10.3. The standard InChI is InChI=1S/C11H19Si.Zr/c1-11(2,3)12(4,5)10-8-6-7-9-10;/h6,8H,7H2,1-5H3;. The van der Waals surface area contributed by atoms with Crippen molar-refractivity contribution in [3.05, 3.63) is 20.6 Å². The van der Waals surface area contributed by atoms with Gasteiger partial charge in [0.2, 0.25) is 0 Å². The average molecular weight is 271 g/mol. The van der Waals surface area contributed by atoms with Crippen LogP contribution in [-0.2, 0) is 24.7 Å². The van der Waals surface area contributed by atoms with Gasteiger partial charge < -0.3 is 0 Å². The molecule has 0 nitrogen and oxygen atoms in total. The van der Waals surface area contributed by atoms with E-state index >= 15 is 0 Å². The second-order valence-electron chi connectivity index (χ2n) is 5.37. The fourth-order valence-corrected chi connectivity index (χ4v) is 6.49. The molecule has 2 heteroatoms. The summed E-state index contributed by atoms with van der Waals surface area (Å²) < 4.78 is 1.69. The fraction of sp³-hybridized carbons (Fsp3) is 0.636. The van der Waals surface area contributed by atoms with Crippen LogP contribution in [0.15, 0.2) is 20.6 Å². The number of hydrogen-bond donors (Lipinski definition) is 0. The predicted octanol–water partition coefficient (Wildman–Crippen LogP) is 3.79. The van der Waals surface area contributed by atoms with Gasteiger partial charge in [-0.05, 0) is 0 Å². The predicted molar refractivity (Wildman–Crippen MR) is 58.0 cm³/mol. The molecule has 0 aromatic heterocycles. The minimum absolute atomic E-state index is 0.485. The van der Waals surface area contributed by atoms with Gasteiger partial charge in [0.15, 0.2) is 0 Å². The maximum absolute atomic E-state index is 2.50. The quantitative estimate of drug-likeness (QED) is 0.636. The minimum atomic E-state index is -1.22. The molecule has 0 amide bonds. The first-order valence-electron chi connectivity index (χ1n) is 4.88. The summed E-state index contributed by atoms with van der Waals surface area (Å²) in [6.45, 7) is 12.2. The van der Waals surface area contributed by atoms with Gasteiger partial charge in [-0.2, -0.15) is 0 Å². The molecule has 0 spiro atoms. The maximum atomic E-state index is 2.50. The van der Waals surface area contributed by atoms with Crippen LogP contribution in [0.25, 0.3) is 0 Å². The fourth-order valence-electron chi connectivity index (χ4n) is 1.49. The molecule has 0 saturated heterocycles. The van der Waals surface area contributed by atoms with E-state index < -0.39 is 8.07 Å². The first-order valence-corrected chi connectivity index (χ1v) is 9.11. The number of rotatable bonds is 1. The first-order chi connectivity index (χ1) is 5.77. The van der Waals surface area contributed by atoms with Gasteiger partial charge in [-0.3, -0.25) is 0 Å². The monoisotopic (exact) mass is 269 g/mol. The Hall–Kier alpha value is 0.580. The molecule has 0 N–H and O–H groups in total. The molecule has 0 radical (unpaired) electrons. The van der Waals surface area contributed by atoms with Crippen molar-refractivity contribution in [3.8, 4) is 0 Å². The Kier molecular flexibility index (Phi) is 3.25. The number of allylic oxidation sites excluding steroid dienone is 4. The molecular formula is C11H19SiZr. The van der Waals surface area contributed by atoms with Gasteiger partial charge in [0.25, 0.3) is 0 Å². The van der Waals surface area contributed by atoms with Crippen LogP contribution in [0.5, 0.6) is 0 Å². The molecule has 1 aliphatic rings. The zero-order valence-electron chi connectivity index (χ0n) is 9.36. The molecular weight excluding hydrogens is 251 g/mol. The summed E-state index contributed by atoms with van der Waals surface area (Å²) in [6, 6.07) is 0. The van der Waals surface area contributed by atoms with E-state index in [-0.39, 0.29) is 0 Å². The van der Waals surface area contributed by atoms with Gasteiger partial charge in [-0.25, -0.2) is 0 Å². The van der Waals surface area contributed by atoms with Gasteiger partial charge in [0.05, 0.1) is 0 Å². The third-order valence-electron chi connectivity index (χ3n) is 3.48. The van der Waals surface area contributed by atoms with Gasteiger partial charge in [0, 0.05) is 0 Å². The van der Waals surface area contributed by atoms with Crippen molar-refractivity contribution in [1.29, 1.82) is 0 Å². The Balaban J connectivity index is 3.07. The topological polar surface area (TPSA) is 0 Å².